The summed E-state index contributed by atoms with van der Waals surface area (Å²) in [7, 11) is 5.95. The monoisotopic (exact) mass is 379 g/mol. The molecule has 0 aromatic heterocycles. The molecule has 0 radical (unpaired) electrons. The molecule has 1 aliphatic heterocycles. The van der Waals surface area contributed by atoms with E-state index in [1.165, 1.54) is 23.2 Å². The minimum absolute atomic E-state index is 0.260. The average molecular weight is 380 g/mol. The topological polar surface area (TPSA) is 27.7 Å². The molecule has 4 nitrogen and oxygen atoms in total. The van der Waals surface area contributed by atoms with Crippen molar-refractivity contribution in [2.24, 2.45) is 0 Å². The van der Waals surface area contributed by atoms with Gasteiger partial charge in [-0.1, -0.05) is 42.5 Å². The van der Waals surface area contributed by atoms with Gasteiger partial charge in [0.25, 0.3) is 0 Å². The molecule has 4 heteroatoms. The fraction of sp³-hybridized carbons (Fsp3) is 0.417. The zero-order valence-electron chi connectivity index (χ0n) is 17.4. The van der Waals surface area contributed by atoms with Gasteiger partial charge in [0.2, 0.25) is 0 Å². The molecule has 1 N–H and O–H groups in total. The quantitative estimate of drug-likeness (QED) is 0.626. The van der Waals surface area contributed by atoms with Crippen LogP contribution < -0.4 is 15.0 Å². The van der Waals surface area contributed by atoms with Crippen molar-refractivity contribution in [1.82, 2.24) is 10.2 Å². The van der Waals surface area contributed by atoms with Crippen LogP contribution in [0.25, 0.3) is 6.08 Å². The van der Waals surface area contributed by atoms with Crippen LogP contribution in [0.1, 0.15) is 30.0 Å². The lowest BCUT2D eigenvalue weighted by Gasteiger charge is -2.36. The van der Waals surface area contributed by atoms with Crippen LogP contribution in [0.15, 0.2) is 54.6 Å². The Hall–Kier alpha value is -2.30. The van der Waals surface area contributed by atoms with E-state index in [-0.39, 0.29) is 6.04 Å². The van der Waals surface area contributed by atoms with E-state index in [0.717, 1.165) is 38.3 Å². The molecule has 0 saturated heterocycles. The molecule has 28 heavy (non-hydrogen) atoms. The summed E-state index contributed by atoms with van der Waals surface area (Å²) in [5.41, 5.74) is 3.92. The highest BCUT2D eigenvalue weighted by Crippen LogP contribution is 2.36. The Balaban J connectivity index is 1.70. The molecular formula is C24H33N3O. The van der Waals surface area contributed by atoms with Gasteiger partial charge in [0.1, 0.15) is 5.75 Å². The maximum atomic E-state index is 5.33. The number of para-hydroxylation sites is 1. The van der Waals surface area contributed by atoms with Gasteiger partial charge in [0.05, 0.1) is 13.2 Å². The Morgan fingerprint density at radius 2 is 1.79 bits per heavy atom. The second-order valence-electron chi connectivity index (χ2n) is 7.44. The van der Waals surface area contributed by atoms with Gasteiger partial charge in [0.15, 0.2) is 0 Å². The minimum Gasteiger partial charge on any atom is -0.497 e. The summed E-state index contributed by atoms with van der Waals surface area (Å²) >= 11 is 0. The number of hydrogen-bond acceptors (Lipinski definition) is 4. The standard InChI is InChI=1S/C24H33N3O/c1-25-16-6-17-26(2)18-7-19-27-23-9-5-4-8-20(23)12-15-24(27)21-10-13-22(28-3)14-11-21/h4-5,8-15,24-25H,6-7,16-19H2,1-3H3. The van der Waals surface area contributed by atoms with Crippen molar-refractivity contribution in [3.05, 3.63) is 65.7 Å². The predicted molar refractivity (Wildman–Crippen MR) is 119 cm³/mol. The Morgan fingerprint density at radius 3 is 2.54 bits per heavy atom. The molecule has 1 heterocycles. The third-order valence-electron chi connectivity index (χ3n) is 5.40. The summed E-state index contributed by atoms with van der Waals surface area (Å²) in [6, 6.07) is 17.4. The molecule has 1 aliphatic rings. The van der Waals surface area contributed by atoms with Crippen LogP contribution in [0.4, 0.5) is 5.69 Å². The third-order valence-corrected chi connectivity index (χ3v) is 5.40. The lowest BCUT2D eigenvalue weighted by molar-refractivity contribution is 0.324. The molecule has 150 valence electrons. The van der Waals surface area contributed by atoms with E-state index in [4.69, 9.17) is 4.74 Å². The maximum absolute atomic E-state index is 5.33. The molecule has 1 unspecified atom stereocenters. The molecule has 2 aromatic rings. The number of methoxy groups -OCH3 is 1. The number of nitrogens with one attached hydrogen (secondary N) is 1. The predicted octanol–water partition coefficient (Wildman–Crippen LogP) is 4.20. The second kappa shape index (κ2) is 10.3. The van der Waals surface area contributed by atoms with Crippen molar-refractivity contribution in [1.29, 1.82) is 0 Å². The van der Waals surface area contributed by atoms with Crippen LogP contribution in [0.2, 0.25) is 0 Å². The van der Waals surface area contributed by atoms with E-state index >= 15 is 0 Å². The number of fused-ring (bicyclic) bond motifs is 1. The third kappa shape index (κ3) is 5.15. The summed E-state index contributed by atoms with van der Waals surface area (Å²) in [4.78, 5) is 4.98. The molecule has 0 fully saturated rings. The number of benzene rings is 2. The van der Waals surface area contributed by atoms with Gasteiger partial charge >= 0.3 is 0 Å². The zero-order valence-corrected chi connectivity index (χ0v) is 17.4. The first-order valence-electron chi connectivity index (χ1n) is 10.2. The van der Waals surface area contributed by atoms with Crippen molar-refractivity contribution in [2.75, 3.05) is 52.3 Å². The number of ether oxygens (including phenoxy) is 1. The SMILES string of the molecule is CNCCCN(C)CCCN1c2ccccc2C=CC1c1ccc(OC)cc1. The van der Waals surface area contributed by atoms with Gasteiger partial charge in [-0.2, -0.15) is 0 Å². The second-order valence-corrected chi connectivity index (χ2v) is 7.44. The van der Waals surface area contributed by atoms with Gasteiger partial charge in [0, 0.05) is 12.2 Å². The number of hydrogen-bond donors (Lipinski definition) is 1. The Labute approximate surface area is 169 Å². The molecule has 1 atom stereocenters. The fourth-order valence-corrected chi connectivity index (χ4v) is 3.84. The van der Waals surface area contributed by atoms with Gasteiger partial charge in [-0.25, -0.2) is 0 Å². The summed E-state index contributed by atoms with van der Waals surface area (Å²) < 4.78 is 5.33. The first-order chi connectivity index (χ1) is 13.7. The molecule has 3 rings (SSSR count). The normalized spacial score (nSPS) is 15.7. The summed E-state index contributed by atoms with van der Waals surface area (Å²) in [6.45, 7) is 4.36. The zero-order chi connectivity index (χ0) is 19.8. The average Bonchev–Trinajstić information content (AvgIpc) is 2.74. The summed E-state index contributed by atoms with van der Waals surface area (Å²) in [6.07, 6.45) is 6.91. The lowest BCUT2D eigenvalue weighted by atomic mass is 9.97. The van der Waals surface area contributed by atoms with Crippen molar-refractivity contribution >= 4 is 11.8 Å². The molecule has 0 amide bonds. The van der Waals surface area contributed by atoms with Gasteiger partial charge in [-0.15, -0.1) is 0 Å². The van der Waals surface area contributed by atoms with E-state index in [9.17, 15) is 0 Å². The van der Waals surface area contributed by atoms with Crippen molar-refractivity contribution in [2.45, 2.75) is 18.9 Å². The number of nitrogens with zero attached hydrogens (tertiary/aromatic N) is 2. The maximum Gasteiger partial charge on any atom is 0.118 e. The van der Waals surface area contributed by atoms with Gasteiger partial charge in [-0.05, 0) is 75.9 Å². The van der Waals surface area contributed by atoms with Crippen LogP contribution in [0.5, 0.6) is 5.75 Å². The van der Waals surface area contributed by atoms with E-state index in [0.29, 0.717) is 0 Å². The van der Waals surface area contributed by atoms with Crippen molar-refractivity contribution in [3.63, 3.8) is 0 Å². The van der Waals surface area contributed by atoms with E-state index in [1.54, 1.807) is 7.11 Å². The van der Waals surface area contributed by atoms with Gasteiger partial charge in [-0.3, -0.25) is 0 Å². The van der Waals surface area contributed by atoms with Crippen LogP contribution in [-0.4, -0.2) is 52.3 Å². The van der Waals surface area contributed by atoms with Crippen LogP contribution >= 0.6 is 0 Å². The highest BCUT2D eigenvalue weighted by atomic mass is 16.5. The van der Waals surface area contributed by atoms with Crippen LogP contribution in [0.3, 0.4) is 0 Å². The Kier molecular flexibility index (Phi) is 7.52. The van der Waals surface area contributed by atoms with Crippen LogP contribution in [0, 0.1) is 0 Å². The van der Waals surface area contributed by atoms with Gasteiger partial charge < -0.3 is 19.9 Å². The molecule has 2 aromatic carbocycles. The van der Waals surface area contributed by atoms with Crippen molar-refractivity contribution < 1.29 is 4.74 Å². The smallest absolute Gasteiger partial charge is 0.118 e. The lowest BCUT2D eigenvalue weighted by Crippen LogP contribution is -2.33. The first-order valence-corrected chi connectivity index (χ1v) is 10.2. The van der Waals surface area contributed by atoms with E-state index in [1.807, 2.05) is 7.05 Å². The summed E-state index contributed by atoms with van der Waals surface area (Å²) in [5.74, 6) is 0.902. The van der Waals surface area contributed by atoms with Crippen LogP contribution in [-0.2, 0) is 0 Å². The molecule has 0 aliphatic carbocycles. The Bertz CT molecular complexity index is 757. The molecular weight excluding hydrogens is 346 g/mol. The number of rotatable bonds is 10. The highest BCUT2D eigenvalue weighted by molar-refractivity contribution is 5.73. The first kappa shape index (κ1) is 20.4. The largest absolute Gasteiger partial charge is 0.497 e. The highest BCUT2D eigenvalue weighted by Gasteiger charge is 2.23. The van der Waals surface area contributed by atoms with E-state index < -0.39 is 0 Å². The summed E-state index contributed by atoms with van der Waals surface area (Å²) in [5, 5.41) is 3.22. The number of anilines is 1. The van der Waals surface area contributed by atoms with Crippen molar-refractivity contribution in [3.8, 4) is 5.75 Å². The minimum atomic E-state index is 0.260. The molecule has 0 spiro atoms. The molecule has 0 saturated carbocycles. The molecule has 0 bridgehead atoms. The Morgan fingerprint density at radius 1 is 1.04 bits per heavy atom. The van der Waals surface area contributed by atoms with E-state index in [2.05, 4.69) is 82.8 Å². The fourth-order valence-electron chi connectivity index (χ4n) is 3.84.